The van der Waals surface area contributed by atoms with E-state index in [0.717, 1.165) is 32.4 Å². The van der Waals surface area contributed by atoms with E-state index in [-0.39, 0.29) is 17.7 Å². The number of amides is 2. The molecule has 1 fully saturated rings. The number of hydrogen-bond acceptors (Lipinski definition) is 3. The van der Waals surface area contributed by atoms with E-state index in [9.17, 15) is 9.59 Å². The number of nitrogens with one attached hydrogen (secondary N) is 1. The SMILES string of the molecule is CCC(C)C(N)C(=O)NCCC(=O)N1CCCCC1. The zero-order valence-electron chi connectivity index (χ0n) is 12.2. The highest BCUT2D eigenvalue weighted by Gasteiger charge is 2.20. The summed E-state index contributed by atoms with van der Waals surface area (Å²) in [5.74, 6) is 0.149. The molecule has 3 N–H and O–H groups in total. The van der Waals surface area contributed by atoms with Gasteiger partial charge in [-0.05, 0) is 25.2 Å². The molecule has 0 aromatic carbocycles. The molecule has 0 bridgehead atoms. The Kier molecular flexibility index (Phi) is 6.84. The van der Waals surface area contributed by atoms with Crippen molar-refractivity contribution < 1.29 is 9.59 Å². The molecule has 1 aliphatic rings. The van der Waals surface area contributed by atoms with Gasteiger partial charge in [0.05, 0.1) is 6.04 Å². The summed E-state index contributed by atoms with van der Waals surface area (Å²) in [6.45, 7) is 6.08. The lowest BCUT2D eigenvalue weighted by molar-refractivity contribution is -0.132. The predicted octanol–water partition coefficient (Wildman–Crippen LogP) is 0.879. The number of nitrogens with two attached hydrogens (primary N) is 1. The minimum Gasteiger partial charge on any atom is -0.354 e. The second kappa shape index (κ2) is 8.15. The molecule has 0 saturated carbocycles. The molecular formula is C14H27N3O2. The summed E-state index contributed by atoms with van der Waals surface area (Å²) in [6, 6.07) is -0.477. The fourth-order valence-electron chi connectivity index (χ4n) is 2.22. The van der Waals surface area contributed by atoms with E-state index in [2.05, 4.69) is 5.32 Å². The third-order valence-electron chi connectivity index (χ3n) is 3.91. The van der Waals surface area contributed by atoms with Gasteiger partial charge < -0.3 is 16.0 Å². The van der Waals surface area contributed by atoms with E-state index in [1.165, 1.54) is 6.42 Å². The summed E-state index contributed by atoms with van der Waals surface area (Å²) in [4.78, 5) is 25.5. The van der Waals surface area contributed by atoms with Crippen molar-refractivity contribution in [3.63, 3.8) is 0 Å². The second-order valence-corrected chi connectivity index (χ2v) is 5.39. The Morgan fingerprint density at radius 2 is 1.89 bits per heavy atom. The Bertz CT molecular complexity index is 287. The Hall–Kier alpha value is -1.10. The van der Waals surface area contributed by atoms with Crippen molar-refractivity contribution >= 4 is 11.8 Å². The normalized spacial score (nSPS) is 18.8. The van der Waals surface area contributed by atoms with E-state index in [0.29, 0.717) is 13.0 Å². The molecule has 1 aliphatic heterocycles. The first-order chi connectivity index (χ1) is 9.06. The van der Waals surface area contributed by atoms with Gasteiger partial charge in [0.2, 0.25) is 11.8 Å². The molecule has 19 heavy (non-hydrogen) atoms. The van der Waals surface area contributed by atoms with Gasteiger partial charge in [0.15, 0.2) is 0 Å². The van der Waals surface area contributed by atoms with Crippen LogP contribution in [0.1, 0.15) is 46.0 Å². The molecule has 1 saturated heterocycles. The van der Waals surface area contributed by atoms with Crippen molar-refractivity contribution in [2.75, 3.05) is 19.6 Å². The largest absolute Gasteiger partial charge is 0.354 e. The van der Waals surface area contributed by atoms with Gasteiger partial charge in [-0.1, -0.05) is 20.3 Å². The summed E-state index contributed by atoms with van der Waals surface area (Å²) < 4.78 is 0. The van der Waals surface area contributed by atoms with Crippen LogP contribution in [0.15, 0.2) is 0 Å². The van der Waals surface area contributed by atoms with Crippen molar-refractivity contribution in [3.05, 3.63) is 0 Å². The third kappa shape index (κ3) is 5.19. The molecule has 0 radical (unpaired) electrons. The summed E-state index contributed by atoms with van der Waals surface area (Å²) in [7, 11) is 0. The number of hydrogen-bond donors (Lipinski definition) is 2. The molecule has 1 rings (SSSR count). The van der Waals surface area contributed by atoms with Crippen LogP contribution in [0.4, 0.5) is 0 Å². The molecule has 0 spiro atoms. The molecule has 5 heteroatoms. The quantitative estimate of drug-likeness (QED) is 0.751. The lowest BCUT2D eigenvalue weighted by Gasteiger charge is -2.27. The number of carbonyl (C=O) groups is 2. The van der Waals surface area contributed by atoms with Crippen LogP contribution in [0, 0.1) is 5.92 Å². The average molecular weight is 269 g/mol. The summed E-state index contributed by atoms with van der Waals surface area (Å²) >= 11 is 0. The molecule has 2 unspecified atom stereocenters. The minimum atomic E-state index is -0.477. The number of nitrogens with zero attached hydrogens (tertiary/aromatic N) is 1. The fraction of sp³-hybridized carbons (Fsp3) is 0.857. The van der Waals surface area contributed by atoms with Crippen LogP contribution in [0.3, 0.4) is 0 Å². The van der Waals surface area contributed by atoms with Gasteiger partial charge in [-0.2, -0.15) is 0 Å². The van der Waals surface area contributed by atoms with Gasteiger partial charge in [0.25, 0.3) is 0 Å². The first-order valence-corrected chi connectivity index (χ1v) is 7.37. The van der Waals surface area contributed by atoms with Crippen LogP contribution in [-0.2, 0) is 9.59 Å². The molecule has 110 valence electrons. The molecule has 0 aliphatic carbocycles. The van der Waals surface area contributed by atoms with Crippen molar-refractivity contribution in [1.29, 1.82) is 0 Å². The minimum absolute atomic E-state index is 0.136. The smallest absolute Gasteiger partial charge is 0.237 e. The van der Waals surface area contributed by atoms with Crippen LogP contribution in [0.25, 0.3) is 0 Å². The zero-order valence-corrected chi connectivity index (χ0v) is 12.2. The van der Waals surface area contributed by atoms with Crippen molar-refractivity contribution in [2.24, 2.45) is 11.7 Å². The lowest BCUT2D eigenvalue weighted by Crippen LogP contribution is -2.45. The molecule has 2 amide bonds. The van der Waals surface area contributed by atoms with Gasteiger partial charge >= 0.3 is 0 Å². The van der Waals surface area contributed by atoms with Crippen molar-refractivity contribution in [3.8, 4) is 0 Å². The summed E-state index contributed by atoms with van der Waals surface area (Å²) in [5, 5.41) is 2.76. The number of likely N-dealkylation sites (tertiary alicyclic amines) is 1. The van der Waals surface area contributed by atoms with Crippen LogP contribution in [0.2, 0.25) is 0 Å². The third-order valence-corrected chi connectivity index (χ3v) is 3.91. The summed E-state index contributed by atoms with van der Waals surface area (Å²) in [6.07, 6.45) is 4.65. The van der Waals surface area contributed by atoms with E-state index in [1.807, 2.05) is 18.7 Å². The number of piperidine rings is 1. The Balaban J connectivity index is 2.22. The number of rotatable bonds is 6. The van der Waals surface area contributed by atoms with Gasteiger partial charge in [0.1, 0.15) is 0 Å². The highest BCUT2D eigenvalue weighted by Crippen LogP contribution is 2.09. The fourth-order valence-corrected chi connectivity index (χ4v) is 2.22. The van der Waals surface area contributed by atoms with Crippen LogP contribution in [-0.4, -0.2) is 42.4 Å². The maximum absolute atomic E-state index is 11.9. The van der Waals surface area contributed by atoms with E-state index in [4.69, 9.17) is 5.73 Å². The van der Waals surface area contributed by atoms with E-state index in [1.54, 1.807) is 0 Å². The molecular weight excluding hydrogens is 242 g/mol. The Labute approximate surface area is 115 Å². The van der Waals surface area contributed by atoms with Crippen molar-refractivity contribution in [2.45, 2.75) is 52.0 Å². The molecule has 2 atom stereocenters. The van der Waals surface area contributed by atoms with E-state index >= 15 is 0 Å². The maximum Gasteiger partial charge on any atom is 0.237 e. The Morgan fingerprint density at radius 3 is 2.47 bits per heavy atom. The topological polar surface area (TPSA) is 75.4 Å². The van der Waals surface area contributed by atoms with Gasteiger partial charge in [-0.15, -0.1) is 0 Å². The average Bonchev–Trinajstić information content (AvgIpc) is 2.46. The lowest BCUT2D eigenvalue weighted by atomic mass is 9.99. The molecule has 5 nitrogen and oxygen atoms in total. The van der Waals surface area contributed by atoms with Crippen LogP contribution in [0.5, 0.6) is 0 Å². The van der Waals surface area contributed by atoms with Crippen molar-refractivity contribution in [1.82, 2.24) is 10.2 Å². The van der Waals surface area contributed by atoms with Crippen LogP contribution < -0.4 is 11.1 Å². The second-order valence-electron chi connectivity index (χ2n) is 5.39. The zero-order chi connectivity index (χ0) is 14.3. The molecule has 0 aromatic heterocycles. The van der Waals surface area contributed by atoms with Gasteiger partial charge in [-0.25, -0.2) is 0 Å². The molecule has 1 heterocycles. The standard InChI is InChI=1S/C14H27N3O2/c1-3-11(2)13(15)14(19)16-8-7-12(18)17-9-5-4-6-10-17/h11,13H,3-10,15H2,1-2H3,(H,16,19). The Morgan fingerprint density at radius 1 is 1.26 bits per heavy atom. The van der Waals surface area contributed by atoms with Gasteiger partial charge in [0, 0.05) is 26.1 Å². The van der Waals surface area contributed by atoms with Gasteiger partial charge in [-0.3, -0.25) is 9.59 Å². The predicted molar refractivity (Wildman–Crippen MR) is 75.5 cm³/mol. The highest BCUT2D eigenvalue weighted by atomic mass is 16.2. The highest BCUT2D eigenvalue weighted by molar-refractivity contribution is 5.82. The molecule has 0 aromatic rings. The summed E-state index contributed by atoms with van der Waals surface area (Å²) in [5.41, 5.74) is 5.82. The first-order valence-electron chi connectivity index (χ1n) is 7.37. The monoisotopic (exact) mass is 269 g/mol. The van der Waals surface area contributed by atoms with Crippen LogP contribution >= 0.6 is 0 Å². The maximum atomic E-state index is 11.9. The number of carbonyl (C=O) groups excluding carboxylic acids is 2. The van der Waals surface area contributed by atoms with E-state index < -0.39 is 6.04 Å². The first kappa shape index (κ1) is 16.0.